The molecule has 0 unspecified atom stereocenters. The summed E-state index contributed by atoms with van der Waals surface area (Å²) in [5.74, 6) is 0.638. The molecule has 2 atom stereocenters. The van der Waals surface area contributed by atoms with Gasteiger partial charge in [0.15, 0.2) is 0 Å². The summed E-state index contributed by atoms with van der Waals surface area (Å²) in [5, 5.41) is 3.58. The zero-order valence-corrected chi connectivity index (χ0v) is 9.88. The highest BCUT2D eigenvalue weighted by atomic mass is 16.5. The summed E-state index contributed by atoms with van der Waals surface area (Å²) >= 11 is 0. The van der Waals surface area contributed by atoms with Gasteiger partial charge in [-0.2, -0.15) is 0 Å². The number of ether oxygens (including phenoxy) is 1. The van der Waals surface area contributed by atoms with E-state index >= 15 is 0 Å². The summed E-state index contributed by atoms with van der Waals surface area (Å²) in [6, 6.07) is 0.697. The first-order valence-electron chi connectivity index (χ1n) is 6.09. The van der Waals surface area contributed by atoms with Crippen molar-refractivity contribution in [2.45, 2.75) is 58.6 Å². The van der Waals surface area contributed by atoms with Gasteiger partial charge in [-0.05, 0) is 38.6 Å². The van der Waals surface area contributed by atoms with Crippen molar-refractivity contribution in [3.05, 3.63) is 0 Å². The molecule has 0 saturated carbocycles. The molecule has 2 heteroatoms. The molecule has 0 spiro atoms. The Morgan fingerprint density at radius 2 is 2.14 bits per heavy atom. The van der Waals surface area contributed by atoms with Crippen LogP contribution in [-0.2, 0) is 4.74 Å². The molecule has 1 heterocycles. The lowest BCUT2D eigenvalue weighted by Gasteiger charge is -2.29. The second-order valence-electron chi connectivity index (χ2n) is 4.62. The predicted molar refractivity (Wildman–Crippen MR) is 60.5 cm³/mol. The smallest absolute Gasteiger partial charge is 0.0612 e. The molecule has 1 rings (SSSR count). The van der Waals surface area contributed by atoms with E-state index < -0.39 is 0 Å². The summed E-state index contributed by atoms with van der Waals surface area (Å²) in [6.07, 6.45) is 5.68. The topological polar surface area (TPSA) is 21.3 Å². The van der Waals surface area contributed by atoms with E-state index in [1.54, 1.807) is 0 Å². The van der Waals surface area contributed by atoms with E-state index in [1.807, 2.05) is 0 Å². The first-order valence-corrected chi connectivity index (χ1v) is 6.09. The van der Waals surface area contributed by atoms with E-state index in [0.717, 1.165) is 6.61 Å². The summed E-state index contributed by atoms with van der Waals surface area (Å²) in [4.78, 5) is 0. The lowest BCUT2D eigenvalue weighted by molar-refractivity contribution is 0.0159. The molecule has 0 amide bonds. The van der Waals surface area contributed by atoms with Crippen LogP contribution < -0.4 is 5.32 Å². The number of hydrogen-bond donors (Lipinski definition) is 1. The van der Waals surface area contributed by atoms with Gasteiger partial charge in [0, 0.05) is 12.6 Å². The van der Waals surface area contributed by atoms with Gasteiger partial charge in [0.2, 0.25) is 0 Å². The zero-order chi connectivity index (χ0) is 10.4. The number of rotatable bonds is 5. The summed E-state index contributed by atoms with van der Waals surface area (Å²) in [7, 11) is 0. The van der Waals surface area contributed by atoms with Crippen LogP contribution in [0.25, 0.3) is 0 Å². The molecule has 0 radical (unpaired) electrons. The van der Waals surface area contributed by atoms with Crippen molar-refractivity contribution in [3.63, 3.8) is 0 Å². The van der Waals surface area contributed by atoms with Crippen LogP contribution in [0.15, 0.2) is 0 Å². The maximum Gasteiger partial charge on any atom is 0.0612 e. The van der Waals surface area contributed by atoms with E-state index in [9.17, 15) is 0 Å². The molecular formula is C12H25NO. The van der Waals surface area contributed by atoms with Gasteiger partial charge >= 0.3 is 0 Å². The minimum absolute atomic E-state index is 0.440. The number of nitrogens with one attached hydrogen (secondary N) is 1. The fraction of sp³-hybridized carbons (Fsp3) is 1.00. The maximum absolute atomic E-state index is 5.77. The van der Waals surface area contributed by atoms with Crippen molar-refractivity contribution in [2.24, 2.45) is 5.92 Å². The Hall–Kier alpha value is -0.0800. The third-order valence-corrected chi connectivity index (χ3v) is 3.05. The minimum atomic E-state index is 0.440. The van der Waals surface area contributed by atoms with Crippen molar-refractivity contribution in [1.29, 1.82) is 0 Å². The highest BCUT2D eigenvalue weighted by Gasteiger charge is 2.20. The Morgan fingerprint density at radius 1 is 1.36 bits per heavy atom. The van der Waals surface area contributed by atoms with Gasteiger partial charge in [-0.3, -0.25) is 0 Å². The van der Waals surface area contributed by atoms with Gasteiger partial charge in [-0.25, -0.2) is 0 Å². The summed E-state index contributed by atoms with van der Waals surface area (Å²) in [5.41, 5.74) is 0. The third kappa shape index (κ3) is 3.97. The van der Waals surface area contributed by atoms with E-state index in [-0.39, 0.29) is 0 Å². The van der Waals surface area contributed by atoms with E-state index in [4.69, 9.17) is 4.74 Å². The van der Waals surface area contributed by atoms with Gasteiger partial charge < -0.3 is 10.1 Å². The molecule has 0 aliphatic carbocycles. The van der Waals surface area contributed by atoms with Crippen LogP contribution in [0.2, 0.25) is 0 Å². The quantitative estimate of drug-likeness (QED) is 0.735. The van der Waals surface area contributed by atoms with E-state index in [0.29, 0.717) is 18.1 Å². The van der Waals surface area contributed by atoms with Crippen LogP contribution in [0.4, 0.5) is 0 Å². The average Bonchev–Trinajstić information content (AvgIpc) is 2.18. The molecule has 0 aromatic heterocycles. The molecule has 2 nitrogen and oxygen atoms in total. The van der Waals surface area contributed by atoms with Crippen LogP contribution in [0, 0.1) is 5.92 Å². The third-order valence-electron chi connectivity index (χ3n) is 3.05. The zero-order valence-electron chi connectivity index (χ0n) is 9.88. The first-order chi connectivity index (χ1) is 6.74. The molecule has 1 aliphatic heterocycles. The van der Waals surface area contributed by atoms with Gasteiger partial charge in [-0.1, -0.05) is 20.3 Å². The largest absolute Gasteiger partial charge is 0.378 e. The van der Waals surface area contributed by atoms with Gasteiger partial charge in [0.1, 0.15) is 0 Å². The lowest BCUT2D eigenvalue weighted by Crippen LogP contribution is -2.38. The summed E-state index contributed by atoms with van der Waals surface area (Å²) < 4.78 is 5.77. The Morgan fingerprint density at radius 3 is 2.64 bits per heavy atom. The number of hydrogen-bond acceptors (Lipinski definition) is 2. The maximum atomic E-state index is 5.77. The fourth-order valence-corrected chi connectivity index (χ4v) is 2.15. The van der Waals surface area contributed by atoms with Crippen LogP contribution in [-0.4, -0.2) is 25.3 Å². The van der Waals surface area contributed by atoms with Crippen molar-refractivity contribution < 1.29 is 4.74 Å². The molecule has 1 fully saturated rings. The lowest BCUT2D eigenvalue weighted by atomic mass is 9.94. The van der Waals surface area contributed by atoms with Crippen LogP contribution in [0.5, 0.6) is 0 Å². The second-order valence-corrected chi connectivity index (χ2v) is 4.62. The first kappa shape index (κ1) is 12.0. The molecule has 1 saturated heterocycles. The Labute approximate surface area is 88.4 Å². The molecule has 0 aromatic rings. The van der Waals surface area contributed by atoms with Crippen molar-refractivity contribution in [3.8, 4) is 0 Å². The molecule has 84 valence electrons. The standard InChI is InChI=1S/C12H25NO/c1-4-14-12(10(2)3)9-11-7-5-6-8-13-11/h10-13H,4-9H2,1-3H3/t11-,12-/m0/s1. The van der Waals surface area contributed by atoms with Crippen molar-refractivity contribution >= 4 is 0 Å². The minimum Gasteiger partial charge on any atom is -0.378 e. The molecule has 0 aromatic carbocycles. The Kier molecular flexibility index (Phi) is 5.49. The van der Waals surface area contributed by atoms with E-state index in [1.165, 1.54) is 32.2 Å². The normalized spacial score (nSPS) is 25.3. The monoisotopic (exact) mass is 199 g/mol. The predicted octanol–water partition coefficient (Wildman–Crippen LogP) is 2.58. The fourth-order valence-electron chi connectivity index (χ4n) is 2.15. The van der Waals surface area contributed by atoms with Gasteiger partial charge in [0.25, 0.3) is 0 Å². The van der Waals surface area contributed by atoms with Gasteiger partial charge in [-0.15, -0.1) is 0 Å². The van der Waals surface area contributed by atoms with Gasteiger partial charge in [0.05, 0.1) is 6.10 Å². The SMILES string of the molecule is CCO[C@@H](C[C@@H]1CCCCN1)C(C)C. The molecule has 14 heavy (non-hydrogen) atoms. The molecule has 0 bridgehead atoms. The van der Waals surface area contributed by atoms with Crippen molar-refractivity contribution in [1.82, 2.24) is 5.32 Å². The molecule has 1 N–H and O–H groups in total. The molecule has 1 aliphatic rings. The molecular weight excluding hydrogens is 174 g/mol. The highest BCUT2D eigenvalue weighted by Crippen LogP contribution is 2.18. The average molecular weight is 199 g/mol. The Balaban J connectivity index is 2.29. The number of piperidine rings is 1. The summed E-state index contributed by atoms with van der Waals surface area (Å²) in [6.45, 7) is 8.63. The van der Waals surface area contributed by atoms with E-state index in [2.05, 4.69) is 26.1 Å². The van der Waals surface area contributed by atoms with Crippen LogP contribution >= 0.6 is 0 Å². The Bertz CT molecular complexity index is 141. The highest BCUT2D eigenvalue weighted by molar-refractivity contribution is 4.77. The van der Waals surface area contributed by atoms with Crippen molar-refractivity contribution in [2.75, 3.05) is 13.2 Å². The second kappa shape index (κ2) is 6.41. The van der Waals surface area contributed by atoms with Crippen LogP contribution in [0.3, 0.4) is 0 Å². The van der Waals surface area contributed by atoms with Crippen LogP contribution in [0.1, 0.15) is 46.5 Å².